The average molecular weight is 703 g/mol. The smallest absolute Gasteiger partial charge is 0.122 e. The molecule has 0 aromatic rings. The van der Waals surface area contributed by atoms with Gasteiger partial charge >= 0.3 is 0 Å². The molecule has 0 bridgehead atoms. The van der Waals surface area contributed by atoms with E-state index in [9.17, 15) is 4.39 Å². The molecule has 0 aromatic carbocycles. The summed E-state index contributed by atoms with van der Waals surface area (Å²) >= 11 is 0. The molecule has 3 N–H and O–H groups in total. The second-order valence-electron chi connectivity index (χ2n) is 11.9. The number of nitrogens with zero attached hydrogens (tertiary/aromatic N) is 3. The summed E-state index contributed by atoms with van der Waals surface area (Å²) in [5, 5.41) is 14.6. The Morgan fingerprint density at radius 1 is 1.14 bits per heavy atom. The fourth-order valence-electron chi connectivity index (χ4n) is 5.71. The van der Waals surface area contributed by atoms with Gasteiger partial charge in [-0.05, 0) is 82.4 Å². The minimum Gasteiger partial charge on any atom is -0.501 e. The molecule has 0 amide bonds. The van der Waals surface area contributed by atoms with Crippen molar-refractivity contribution < 1.29 is 9.13 Å². The molecule has 1 saturated carbocycles. The van der Waals surface area contributed by atoms with Crippen molar-refractivity contribution in [2.24, 2.45) is 15.4 Å². The van der Waals surface area contributed by atoms with Crippen LogP contribution >= 0.6 is 0 Å². The fraction of sp³-hybridized carbons (Fsp3) is 0.690. The number of aliphatic imine (C=N–C) groups is 2. The molecule has 2 fully saturated rings. The molecule has 1 aliphatic carbocycles. The summed E-state index contributed by atoms with van der Waals surface area (Å²) in [6.45, 7) is 32.4. The Labute approximate surface area is 309 Å². The Bertz CT molecular complexity index is 1000. The SMILES string of the molecule is C=CCC/C=C\CCNC1CCC2(C1)CN(C(=N)/C=C\N=C)C2.CC.CC.CC.CC/C(OC)=C(\CC(F)CC)C1=CNC=NC1C.CCC. The third kappa shape index (κ3) is 21.3. The van der Waals surface area contributed by atoms with E-state index in [0.29, 0.717) is 30.1 Å². The lowest BCUT2D eigenvalue weighted by Gasteiger charge is -2.49. The molecular formula is C42H79FN6O. The number of hydrogen-bond donors (Lipinski definition) is 3. The minimum absolute atomic E-state index is 0.0435. The molecule has 50 heavy (non-hydrogen) atoms. The maximum absolute atomic E-state index is 13.7. The average Bonchev–Trinajstić information content (AvgIpc) is 3.58. The van der Waals surface area contributed by atoms with E-state index in [1.807, 2.05) is 74.6 Å². The van der Waals surface area contributed by atoms with E-state index >= 15 is 0 Å². The van der Waals surface area contributed by atoms with Crippen molar-refractivity contribution in [2.75, 3.05) is 26.7 Å². The highest BCUT2D eigenvalue weighted by Gasteiger charge is 2.48. The quantitative estimate of drug-likeness (QED) is 0.0521. The zero-order chi connectivity index (χ0) is 38.8. The molecule has 2 aliphatic heterocycles. The number of ether oxygens (including phenoxy) is 1. The van der Waals surface area contributed by atoms with E-state index in [-0.39, 0.29) is 6.04 Å². The van der Waals surface area contributed by atoms with E-state index in [1.54, 1.807) is 25.7 Å². The summed E-state index contributed by atoms with van der Waals surface area (Å²) in [5.41, 5.74) is 2.41. The second kappa shape index (κ2) is 34.4. The molecule has 1 spiro atoms. The van der Waals surface area contributed by atoms with Gasteiger partial charge in [-0.25, -0.2) is 4.39 Å². The number of nitrogens with one attached hydrogen (secondary N) is 3. The number of alkyl halides is 1. The van der Waals surface area contributed by atoms with Gasteiger partial charge in [0.05, 0.1) is 25.2 Å². The van der Waals surface area contributed by atoms with Crippen molar-refractivity contribution in [3.63, 3.8) is 0 Å². The largest absolute Gasteiger partial charge is 0.501 e. The van der Waals surface area contributed by atoms with Gasteiger partial charge in [-0.15, -0.1) is 6.58 Å². The molecular weight excluding hydrogens is 624 g/mol. The molecule has 2 heterocycles. The molecule has 3 aliphatic rings. The normalized spacial score (nSPS) is 19.1. The molecule has 3 atom stereocenters. The predicted molar refractivity (Wildman–Crippen MR) is 223 cm³/mol. The van der Waals surface area contributed by atoms with Crippen LogP contribution in [-0.4, -0.2) is 68.8 Å². The van der Waals surface area contributed by atoms with Gasteiger partial charge in [0.2, 0.25) is 0 Å². The highest BCUT2D eigenvalue weighted by Crippen LogP contribution is 2.45. The standard InChI is InChI=1S/C19H30N4.C14H23FN2O.C3H8.3C2H6/c1-3-4-5-6-7-8-12-22-17-9-11-19(14-17)15-23(16-19)18(20)10-13-21-2;1-5-11(15)7-12(14(6-2)18-4)13-8-16-9-17-10(13)3;1-3-2;3*1-2/h3,6-7,10,13,17,20,22H,1-2,4-5,8-9,11-12,14-16H2;8-11H,5-7H2,1-4H3,(H,16,17);3H2,1-2H3;3*1-2H3/b7-6-,13-10-,20-18?;14-12-;;;;. The van der Waals surface area contributed by atoms with Crippen LogP contribution in [0, 0.1) is 10.8 Å². The van der Waals surface area contributed by atoms with Crippen molar-refractivity contribution >= 4 is 18.9 Å². The van der Waals surface area contributed by atoms with Crippen LogP contribution < -0.4 is 10.6 Å². The lowest BCUT2D eigenvalue weighted by atomic mass is 9.78. The molecule has 8 heteroatoms. The van der Waals surface area contributed by atoms with Crippen molar-refractivity contribution in [3.8, 4) is 0 Å². The van der Waals surface area contributed by atoms with E-state index < -0.39 is 6.17 Å². The molecule has 7 nitrogen and oxygen atoms in total. The lowest BCUT2D eigenvalue weighted by molar-refractivity contribution is 0.0638. The molecule has 1 saturated heterocycles. The van der Waals surface area contributed by atoms with Gasteiger partial charge in [0.15, 0.2) is 0 Å². The Hall–Kier alpha value is -3.00. The van der Waals surface area contributed by atoms with Gasteiger partial charge < -0.3 is 20.3 Å². The van der Waals surface area contributed by atoms with Crippen LogP contribution in [0.15, 0.2) is 70.2 Å². The van der Waals surface area contributed by atoms with Gasteiger partial charge in [-0.2, -0.15) is 0 Å². The summed E-state index contributed by atoms with van der Waals surface area (Å²) in [6.07, 6.45) is 22.5. The van der Waals surface area contributed by atoms with Gasteiger partial charge in [0.25, 0.3) is 0 Å². The summed E-state index contributed by atoms with van der Waals surface area (Å²) in [6, 6.07) is 0.695. The van der Waals surface area contributed by atoms with E-state index in [0.717, 1.165) is 62.2 Å². The van der Waals surface area contributed by atoms with Crippen molar-refractivity contribution in [1.82, 2.24) is 15.5 Å². The van der Waals surface area contributed by atoms with Crippen LogP contribution in [0.25, 0.3) is 0 Å². The first-order chi connectivity index (χ1) is 24.2. The maximum Gasteiger partial charge on any atom is 0.122 e. The number of amidine groups is 1. The topological polar surface area (TPSA) is 85.1 Å². The van der Waals surface area contributed by atoms with Crippen LogP contribution in [-0.2, 0) is 4.74 Å². The molecule has 0 radical (unpaired) electrons. The summed E-state index contributed by atoms with van der Waals surface area (Å²) in [5.74, 6) is 1.41. The summed E-state index contributed by atoms with van der Waals surface area (Å²) in [4.78, 5) is 10.1. The highest BCUT2D eigenvalue weighted by molar-refractivity contribution is 5.90. The fourth-order valence-corrected chi connectivity index (χ4v) is 5.71. The number of allylic oxidation sites excluding steroid dienone is 3. The Balaban J connectivity index is -0.000000732. The predicted octanol–water partition coefficient (Wildman–Crippen LogP) is 11.4. The first kappa shape index (κ1) is 51.4. The monoisotopic (exact) mass is 703 g/mol. The summed E-state index contributed by atoms with van der Waals surface area (Å²) in [7, 11) is 1.64. The van der Waals surface area contributed by atoms with Crippen molar-refractivity contribution in [1.29, 1.82) is 5.41 Å². The van der Waals surface area contributed by atoms with Gasteiger partial charge in [0.1, 0.15) is 12.0 Å². The minimum atomic E-state index is -0.837. The second-order valence-corrected chi connectivity index (χ2v) is 11.9. The number of likely N-dealkylation sites (tertiary alicyclic amines) is 1. The van der Waals surface area contributed by atoms with Gasteiger partial charge in [-0.3, -0.25) is 15.4 Å². The summed E-state index contributed by atoms with van der Waals surface area (Å²) < 4.78 is 19.1. The van der Waals surface area contributed by atoms with E-state index in [2.05, 4.69) is 64.8 Å². The number of rotatable bonds is 15. The number of halogens is 1. The van der Waals surface area contributed by atoms with Gasteiger partial charge in [0, 0.05) is 49.8 Å². The van der Waals surface area contributed by atoms with E-state index in [1.165, 1.54) is 25.7 Å². The van der Waals surface area contributed by atoms with Gasteiger partial charge in [-0.1, -0.05) is 93.9 Å². The third-order valence-corrected chi connectivity index (χ3v) is 8.06. The Morgan fingerprint density at radius 2 is 1.76 bits per heavy atom. The van der Waals surface area contributed by atoms with Crippen LogP contribution in [0.5, 0.6) is 0 Å². The Kier molecular flexibility index (Phi) is 35.4. The Morgan fingerprint density at radius 3 is 2.28 bits per heavy atom. The number of hydrogen-bond acceptors (Lipinski definition) is 6. The maximum atomic E-state index is 13.7. The van der Waals surface area contributed by atoms with Crippen LogP contribution in [0.1, 0.15) is 140 Å². The van der Waals surface area contributed by atoms with Crippen LogP contribution in [0.4, 0.5) is 4.39 Å². The highest BCUT2D eigenvalue weighted by atomic mass is 19.1. The van der Waals surface area contributed by atoms with E-state index in [4.69, 9.17) is 10.1 Å². The van der Waals surface area contributed by atoms with Crippen molar-refractivity contribution in [2.45, 2.75) is 159 Å². The zero-order valence-electron chi connectivity index (χ0n) is 34.5. The first-order valence-electron chi connectivity index (χ1n) is 19.6. The number of methoxy groups -OCH3 is 1. The molecule has 0 aromatic heterocycles. The zero-order valence-corrected chi connectivity index (χ0v) is 34.5. The van der Waals surface area contributed by atoms with Crippen molar-refractivity contribution in [3.05, 3.63) is 60.2 Å². The third-order valence-electron chi connectivity index (χ3n) is 8.06. The van der Waals surface area contributed by atoms with Crippen LogP contribution in [0.2, 0.25) is 0 Å². The number of unbranched alkanes of at least 4 members (excludes halogenated alkanes) is 1. The molecule has 290 valence electrons. The lowest BCUT2D eigenvalue weighted by Crippen LogP contribution is -2.57. The first-order valence-corrected chi connectivity index (χ1v) is 19.6. The molecule has 3 rings (SSSR count). The van der Waals surface area contributed by atoms with Crippen LogP contribution in [0.3, 0.4) is 0 Å². The molecule has 3 unspecified atom stereocenters.